The normalized spacial score (nSPS) is 20.3. The SMILES string of the molecule is Cc1ccc2c(c1)c1c3n2CC(=O)N([C@@H](C)c2ccccc2)C3CCC1. The van der Waals surface area contributed by atoms with Crippen LogP contribution in [0.2, 0.25) is 0 Å². The number of hydrogen-bond donors (Lipinski definition) is 0. The first-order valence-electron chi connectivity index (χ1n) is 9.63. The lowest BCUT2D eigenvalue weighted by molar-refractivity contribution is -0.139. The number of benzene rings is 2. The predicted molar refractivity (Wildman–Crippen MR) is 104 cm³/mol. The number of rotatable bonds is 2. The van der Waals surface area contributed by atoms with Crippen molar-refractivity contribution in [2.75, 3.05) is 0 Å². The van der Waals surface area contributed by atoms with Gasteiger partial charge in [-0.25, -0.2) is 0 Å². The molecule has 2 atom stereocenters. The molecule has 3 nitrogen and oxygen atoms in total. The second-order valence-electron chi connectivity index (χ2n) is 7.77. The average molecular weight is 344 g/mol. The van der Waals surface area contributed by atoms with Crippen LogP contribution in [-0.4, -0.2) is 15.4 Å². The molecule has 0 saturated heterocycles. The maximum absolute atomic E-state index is 13.2. The van der Waals surface area contributed by atoms with Gasteiger partial charge >= 0.3 is 0 Å². The number of carbonyl (C=O) groups excluding carboxylic acids is 1. The first-order valence-corrected chi connectivity index (χ1v) is 9.63. The van der Waals surface area contributed by atoms with E-state index in [1.807, 2.05) is 6.07 Å². The molecule has 0 N–H and O–H groups in total. The molecule has 1 amide bonds. The summed E-state index contributed by atoms with van der Waals surface area (Å²) in [6, 6.07) is 17.4. The van der Waals surface area contributed by atoms with Gasteiger partial charge in [-0.3, -0.25) is 4.79 Å². The third-order valence-electron chi connectivity index (χ3n) is 6.20. The molecule has 0 saturated carbocycles. The van der Waals surface area contributed by atoms with Gasteiger partial charge in [0, 0.05) is 16.6 Å². The monoisotopic (exact) mass is 344 g/mol. The molecule has 2 aliphatic rings. The first kappa shape index (κ1) is 15.7. The summed E-state index contributed by atoms with van der Waals surface area (Å²) in [5.41, 5.74) is 6.60. The highest BCUT2D eigenvalue weighted by Gasteiger charge is 2.40. The summed E-state index contributed by atoms with van der Waals surface area (Å²) >= 11 is 0. The Morgan fingerprint density at radius 3 is 2.73 bits per heavy atom. The van der Waals surface area contributed by atoms with Gasteiger partial charge in [-0.05, 0) is 56.4 Å². The highest BCUT2D eigenvalue weighted by atomic mass is 16.2. The molecule has 2 aromatic carbocycles. The number of nitrogens with zero attached hydrogens (tertiary/aromatic N) is 2. The molecule has 3 heteroatoms. The Balaban J connectivity index is 1.68. The van der Waals surface area contributed by atoms with Gasteiger partial charge in [0.15, 0.2) is 0 Å². The Bertz CT molecular complexity index is 1000. The fourth-order valence-electron chi connectivity index (χ4n) is 5.02. The van der Waals surface area contributed by atoms with Crippen LogP contribution in [-0.2, 0) is 17.8 Å². The average Bonchev–Trinajstić information content (AvgIpc) is 2.97. The Morgan fingerprint density at radius 2 is 1.92 bits per heavy atom. The van der Waals surface area contributed by atoms with Crippen molar-refractivity contribution in [3.05, 3.63) is 70.9 Å². The van der Waals surface area contributed by atoms with Crippen molar-refractivity contribution in [1.29, 1.82) is 0 Å². The highest BCUT2D eigenvalue weighted by molar-refractivity contribution is 5.90. The molecule has 1 aliphatic heterocycles. The summed E-state index contributed by atoms with van der Waals surface area (Å²) in [4.78, 5) is 15.3. The van der Waals surface area contributed by atoms with E-state index in [1.165, 1.54) is 33.3 Å². The molecule has 132 valence electrons. The Kier molecular flexibility index (Phi) is 3.46. The van der Waals surface area contributed by atoms with E-state index >= 15 is 0 Å². The van der Waals surface area contributed by atoms with Crippen molar-refractivity contribution in [2.45, 2.75) is 51.7 Å². The topological polar surface area (TPSA) is 25.2 Å². The number of fused-ring (bicyclic) bond motifs is 3. The smallest absolute Gasteiger partial charge is 0.243 e. The van der Waals surface area contributed by atoms with E-state index in [2.05, 4.69) is 65.8 Å². The summed E-state index contributed by atoms with van der Waals surface area (Å²) in [5, 5.41) is 1.35. The van der Waals surface area contributed by atoms with Gasteiger partial charge in [0.1, 0.15) is 6.54 Å². The van der Waals surface area contributed by atoms with E-state index in [1.54, 1.807) is 0 Å². The molecule has 0 spiro atoms. The van der Waals surface area contributed by atoms with Crippen molar-refractivity contribution in [3.63, 3.8) is 0 Å². The standard InChI is InChI=1S/C23H24N2O/c1-15-11-12-20-19(13-15)18-9-6-10-21-23(18)24(20)14-22(26)25(21)16(2)17-7-4-3-5-8-17/h3-5,7-8,11-13,16,21H,6,9-10,14H2,1-2H3/t16-,21?/m0/s1. The lowest BCUT2D eigenvalue weighted by Gasteiger charge is -2.43. The van der Waals surface area contributed by atoms with Gasteiger partial charge in [-0.2, -0.15) is 0 Å². The zero-order chi connectivity index (χ0) is 17.8. The van der Waals surface area contributed by atoms with Gasteiger partial charge in [0.25, 0.3) is 0 Å². The maximum Gasteiger partial charge on any atom is 0.243 e. The third kappa shape index (κ3) is 2.16. The molecule has 0 fully saturated rings. The van der Waals surface area contributed by atoms with Crippen LogP contribution in [0.3, 0.4) is 0 Å². The fourth-order valence-corrected chi connectivity index (χ4v) is 5.02. The number of aryl methyl sites for hydroxylation is 2. The molecular weight excluding hydrogens is 320 g/mol. The number of aromatic nitrogens is 1. The summed E-state index contributed by atoms with van der Waals surface area (Å²) < 4.78 is 2.30. The molecule has 3 aromatic rings. The van der Waals surface area contributed by atoms with E-state index in [4.69, 9.17) is 0 Å². The lowest BCUT2D eigenvalue weighted by Crippen LogP contribution is -2.45. The van der Waals surface area contributed by atoms with E-state index in [0.717, 1.165) is 19.3 Å². The first-order chi connectivity index (χ1) is 12.6. The third-order valence-corrected chi connectivity index (χ3v) is 6.20. The minimum absolute atomic E-state index is 0.105. The van der Waals surface area contributed by atoms with Gasteiger partial charge in [0.2, 0.25) is 5.91 Å². The lowest BCUT2D eigenvalue weighted by atomic mass is 9.88. The van der Waals surface area contributed by atoms with Crippen LogP contribution in [0.25, 0.3) is 10.9 Å². The quantitative estimate of drug-likeness (QED) is 0.647. The molecule has 1 aromatic heterocycles. The van der Waals surface area contributed by atoms with Crippen molar-refractivity contribution in [3.8, 4) is 0 Å². The predicted octanol–water partition coefficient (Wildman–Crippen LogP) is 4.93. The number of carbonyl (C=O) groups is 1. The molecule has 5 rings (SSSR count). The van der Waals surface area contributed by atoms with Crippen LogP contribution in [0.5, 0.6) is 0 Å². The van der Waals surface area contributed by atoms with Crippen LogP contribution < -0.4 is 0 Å². The van der Waals surface area contributed by atoms with Crippen LogP contribution in [0, 0.1) is 6.92 Å². The summed E-state index contributed by atoms with van der Waals surface area (Å²) in [6.07, 6.45) is 3.34. The zero-order valence-electron chi connectivity index (χ0n) is 15.4. The molecule has 1 unspecified atom stereocenters. The zero-order valence-corrected chi connectivity index (χ0v) is 15.4. The molecule has 0 bridgehead atoms. The second kappa shape index (κ2) is 5.73. The van der Waals surface area contributed by atoms with Crippen LogP contribution in [0.15, 0.2) is 48.5 Å². The molecule has 0 radical (unpaired) electrons. The van der Waals surface area contributed by atoms with Gasteiger partial charge in [-0.15, -0.1) is 0 Å². The van der Waals surface area contributed by atoms with Crippen molar-refractivity contribution < 1.29 is 4.79 Å². The highest BCUT2D eigenvalue weighted by Crippen LogP contribution is 2.45. The van der Waals surface area contributed by atoms with E-state index in [-0.39, 0.29) is 18.0 Å². The summed E-state index contributed by atoms with van der Waals surface area (Å²) in [7, 11) is 0. The maximum atomic E-state index is 13.2. The fraction of sp³-hybridized carbons (Fsp3) is 0.348. The largest absolute Gasteiger partial charge is 0.333 e. The number of hydrogen-bond acceptors (Lipinski definition) is 1. The van der Waals surface area contributed by atoms with E-state index in [0.29, 0.717) is 6.54 Å². The van der Waals surface area contributed by atoms with Crippen LogP contribution in [0.1, 0.15) is 54.2 Å². The minimum Gasteiger partial charge on any atom is -0.333 e. The molecule has 26 heavy (non-hydrogen) atoms. The Hall–Kier alpha value is -2.55. The Labute approximate surface area is 154 Å². The van der Waals surface area contributed by atoms with Gasteiger partial charge < -0.3 is 9.47 Å². The van der Waals surface area contributed by atoms with Gasteiger partial charge in [0.05, 0.1) is 12.1 Å². The minimum atomic E-state index is 0.105. The van der Waals surface area contributed by atoms with Crippen molar-refractivity contribution in [1.82, 2.24) is 9.47 Å². The molecule has 2 heterocycles. The van der Waals surface area contributed by atoms with Crippen molar-refractivity contribution >= 4 is 16.8 Å². The van der Waals surface area contributed by atoms with Gasteiger partial charge in [-0.1, -0.05) is 42.0 Å². The number of amides is 1. The van der Waals surface area contributed by atoms with E-state index < -0.39 is 0 Å². The Morgan fingerprint density at radius 1 is 1.12 bits per heavy atom. The summed E-state index contributed by atoms with van der Waals surface area (Å²) in [5.74, 6) is 0.241. The van der Waals surface area contributed by atoms with Crippen LogP contribution >= 0.6 is 0 Å². The summed E-state index contributed by atoms with van der Waals surface area (Å²) in [6.45, 7) is 4.78. The van der Waals surface area contributed by atoms with Crippen molar-refractivity contribution in [2.24, 2.45) is 0 Å². The van der Waals surface area contributed by atoms with Crippen LogP contribution in [0.4, 0.5) is 0 Å². The van der Waals surface area contributed by atoms with E-state index in [9.17, 15) is 4.79 Å². The second-order valence-corrected chi connectivity index (χ2v) is 7.77. The molecule has 1 aliphatic carbocycles. The molecular formula is C23H24N2O.